The molecule has 0 aromatic carbocycles. The Bertz CT molecular complexity index is 1050. The Kier molecular flexibility index (Phi) is 2.97. The third kappa shape index (κ3) is 2.38. The third-order valence-corrected chi connectivity index (χ3v) is 3.47. The Balaban J connectivity index is 2.06. The summed E-state index contributed by atoms with van der Waals surface area (Å²) in [6, 6.07) is 8.70. The van der Waals surface area contributed by atoms with Crippen molar-refractivity contribution in [3.05, 3.63) is 59.3 Å². The molecule has 7 heteroatoms. The summed E-state index contributed by atoms with van der Waals surface area (Å²) in [5.74, 6) is 0. The van der Waals surface area contributed by atoms with E-state index in [1.54, 1.807) is 23.1 Å². The van der Waals surface area contributed by atoms with Crippen molar-refractivity contribution in [3.8, 4) is 22.6 Å². The molecule has 0 bridgehead atoms. The highest BCUT2D eigenvalue weighted by molar-refractivity contribution is 5.83. The van der Waals surface area contributed by atoms with Crippen LogP contribution in [0, 0.1) is 0 Å². The minimum absolute atomic E-state index is 0.213. The molecular formula is C16H12N6O. The van der Waals surface area contributed by atoms with Gasteiger partial charge >= 0.3 is 0 Å². The van der Waals surface area contributed by atoms with Crippen LogP contribution >= 0.6 is 0 Å². The smallest absolute Gasteiger partial charge is 0.249 e. The number of fused-ring (bicyclic) bond motifs is 1. The predicted octanol–water partition coefficient (Wildman–Crippen LogP) is 1.78. The molecule has 0 unspecified atom stereocenters. The van der Waals surface area contributed by atoms with Crippen molar-refractivity contribution in [2.24, 2.45) is 7.05 Å². The number of rotatable bonds is 2. The van der Waals surface area contributed by atoms with Gasteiger partial charge in [0.1, 0.15) is 16.9 Å². The van der Waals surface area contributed by atoms with Crippen molar-refractivity contribution in [2.45, 2.75) is 0 Å². The van der Waals surface area contributed by atoms with Gasteiger partial charge < -0.3 is 4.98 Å². The molecule has 4 aromatic heterocycles. The molecule has 7 nitrogen and oxygen atoms in total. The summed E-state index contributed by atoms with van der Waals surface area (Å²) < 4.78 is 1.70. The van der Waals surface area contributed by atoms with Gasteiger partial charge in [-0.2, -0.15) is 5.10 Å². The number of hydrogen-bond donors (Lipinski definition) is 1. The molecule has 0 saturated heterocycles. The molecule has 4 aromatic rings. The lowest BCUT2D eigenvalue weighted by atomic mass is 10.1. The summed E-state index contributed by atoms with van der Waals surface area (Å²) in [6.45, 7) is 0. The standard InChI is InChI=1S/C16H12N6O/c1-22-9-6-11(21-22)15-14(10-4-7-17-8-5-10)18-12-2-3-13(23)19-16(12)20-15/h2-9H,1H3,(H,19,20,23). The van der Waals surface area contributed by atoms with E-state index in [1.165, 1.54) is 6.07 Å². The highest BCUT2D eigenvalue weighted by Crippen LogP contribution is 2.28. The average Bonchev–Trinajstić information content (AvgIpc) is 3.01. The van der Waals surface area contributed by atoms with Gasteiger partial charge in [-0.25, -0.2) is 9.97 Å². The van der Waals surface area contributed by atoms with Gasteiger partial charge in [0, 0.05) is 37.3 Å². The molecule has 1 N–H and O–H groups in total. The summed E-state index contributed by atoms with van der Waals surface area (Å²) >= 11 is 0. The average molecular weight is 304 g/mol. The van der Waals surface area contributed by atoms with E-state index in [-0.39, 0.29) is 5.56 Å². The SMILES string of the molecule is Cn1ccc(-c2nc3[nH]c(=O)ccc3nc2-c2ccncc2)n1. The van der Waals surface area contributed by atoms with E-state index in [1.807, 2.05) is 31.4 Å². The second-order valence-corrected chi connectivity index (χ2v) is 5.09. The monoisotopic (exact) mass is 304 g/mol. The molecule has 0 aliphatic carbocycles. The molecule has 0 radical (unpaired) electrons. The molecular weight excluding hydrogens is 292 g/mol. The molecule has 0 saturated carbocycles. The first-order chi connectivity index (χ1) is 11.2. The zero-order chi connectivity index (χ0) is 15.8. The number of aryl methyl sites for hydroxylation is 1. The lowest BCUT2D eigenvalue weighted by Crippen LogP contribution is -2.06. The van der Waals surface area contributed by atoms with E-state index >= 15 is 0 Å². The molecule has 112 valence electrons. The summed E-state index contributed by atoms with van der Waals surface area (Å²) in [4.78, 5) is 27.5. The van der Waals surface area contributed by atoms with Gasteiger partial charge in [0.15, 0.2) is 5.65 Å². The van der Waals surface area contributed by atoms with Crippen molar-refractivity contribution < 1.29 is 0 Å². The molecule has 4 rings (SSSR count). The van der Waals surface area contributed by atoms with Gasteiger partial charge in [0.2, 0.25) is 5.56 Å². The van der Waals surface area contributed by atoms with Crippen LogP contribution in [0.2, 0.25) is 0 Å². The minimum atomic E-state index is -0.213. The zero-order valence-corrected chi connectivity index (χ0v) is 12.3. The second kappa shape index (κ2) is 5.13. The van der Waals surface area contributed by atoms with Gasteiger partial charge in [-0.15, -0.1) is 0 Å². The molecule has 0 aliphatic heterocycles. The normalized spacial score (nSPS) is 11.0. The quantitative estimate of drug-likeness (QED) is 0.609. The Morgan fingerprint density at radius 2 is 1.83 bits per heavy atom. The number of hydrogen-bond acceptors (Lipinski definition) is 5. The van der Waals surface area contributed by atoms with Crippen LogP contribution in [0.3, 0.4) is 0 Å². The topological polar surface area (TPSA) is 89.4 Å². The highest BCUT2D eigenvalue weighted by atomic mass is 16.1. The lowest BCUT2D eigenvalue weighted by Gasteiger charge is -2.08. The minimum Gasteiger partial charge on any atom is -0.305 e. The van der Waals surface area contributed by atoms with E-state index in [0.717, 1.165) is 5.56 Å². The second-order valence-electron chi connectivity index (χ2n) is 5.09. The van der Waals surface area contributed by atoms with Crippen LogP contribution in [0.5, 0.6) is 0 Å². The Labute approximate surface area is 130 Å². The number of nitrogens with one attached hydrogen (secondary N) is 1. The Hall–Kier alpha value is -3.35. The number of pyridine rings is 2. The van der Waals surface area contributed by atoms with Crippen LogP contribution in [0.25, 0.3) is 33.8 Å². The number of H-pyrrole nitrogens is 1. The highest BCUT2D eigenvalue weighted by Gasteiger charge is 2.15. The van der Waals surface area contributed by atoms with Crippen LogP contribution in [0.15, 0.2) is 53.7 Å². The number of aromatic nitrogens is 6. The van der Waals surface area contributed by atoms with Crippen LogP contribution in [-0.4, -0.2) is 29.7 Å². The van der Waals surface area contributed by atoms with Gasteiger partial charge in [-0.1, -0.05) is 0 Å². The fourth-order valence-electron chi connectivity index (χ4n) is 2.40. The van der Waals surface area contributed by atoms with Crippen molar-refractivity contribution in [1.82, 2.24) is 29.7 Å². The maximum absolute atomic E-state index is 11.5. The predicted molar refractivity (Wildman–Crippen MR) is 85.6 cm³/mol. The molecule has 0 aliphatic rings. The first-order valence-electron chi connectivity index (χ1n) is 7.02. The fraction of sp³-hybridized carbons (Fsp3) is 0.0625. The van der Waals surface area contributed by atoms with Gasteiger partial charge in [0.25, 0.3) is 0 Å². The van der Waals surface area contributed by atoms with Crippen molar-refractivity contribution >= 4 is 11.2 Å². The van der Waals surface area contributed by atoms with Crippen LogP contribution < -0.4 is 5.56 Å². The third-order valence-electron chi connectivity index (χ3n) is 3.47. The summed E-state index contributed by atoms with van der Waals surface area (Å²) in [5.41, 5.74) is 3.75. The lowest BCUT2D eigenvalue weighted by molar-refractivity contribution is 0.770. The Morgan fingerprint density at radius 3 is 2.57 bits per heavy atom. The van der Waals surface area contributed by atoms with Crippen LogP contribution in [-0.2, 0) is 7.05 Å². The van der Waals surface area contributed by atoms with E-state index in [4.69, 9.17) is 0 Å². The van der Waals surface area contributed by atoms with E-state index in [0.29, 0.717) is 28.2 Å². The van der Waals surface area contributed by atoms with Crippen LogP contribution in [0.4, 0.5) is 0 Å². The van der Waals surface area contributed by atoms with E-state index in [2.05, 4.69) is 25.0 Å². The summed E-state index contributed by atoms with van der Waals surface area (Å²) in [7, 11) is 1.84. The number of nitrogens with zero attached hydrogens (tertiary/aromatic N) is 5. The molecule has 4 heterocycles. The first kappa shape index (κ1) is 13.3. The largest absolute Gasteiger partial charge is 0.305 e. The fourth-order valence-corrected chi connectivity index (χ4v) is 2.40. The summed E-state index contributed by atoms with van der Waals surface area (Å²) in [6.07, 6.45) is 5.25. The van der Waals surface area contributed by atoms with E-state index in [9.17, 15) is 4.79 Å². The first-order valence-corrected chi connectivity index (χ1v) is 7.02. The number of aromatic amines is 1. The molecule has 0 atom stereocenters. The summed E-state index contributed by atoms with van der Waals surface area (Å²) in [5, 5.41) is 4.40. The van der Waals surface area contributed by atoms with Crippen molar-refractivity contribution in [2.75, 3.05) is 0 Å². The van der Waals surface area contributed by atoms with Gasteiger partial charge in [-0.05, 0) is 24.3 Å². The van der Waals surface area contributed by atoms with Crippen molar-refractivity contribution in [1.29, 1.82) is 0 Å². The van der Waals surface area contributed by atoms with Crippen LogP contribution in [0.1, 0.15) is 0 Å². The van der Waals surface area contributed by atoms with Crippen molar-refractivity contribution in [3.63, 3.8) is 0 Å². The molecule has 0 amide bonds. The van der Waals surface area contributed by atoms with E-state index < -0.39 is 0 Å². The molecule has 0 spiro atoms. The maximum atomic E-state index is 11.5. The maximum Gasteiger partial charge on any atom is 0.249 e. The van der Waals surface area contributed by atoms with Gasteiger partial charge in [-0.3, -0.25) is 14.5 Å². The molecule has 0 fully saturated rings. The van der Waals surface area contributed by atoms with Gasteiger partial charge in [0.05, 0.1) is 5.69 Å². The zero-order valence-electron chi connectivity index (χ0n) is 12.3. The molecule has 23 heavy (non-hydrogen) atoms. The Morgan fingerprint density at radius 1 is 1.00 bits per heavy atom.